The standard InChI is InChI=1S/C8H3F5O2.C8H8OS/c1-2(14)15-8-6(12)4(10)3(9)5(11)7(8)13;1-7(9)10-8-5-3-2-4-6-8/h1H3;2-6H,1H3. The zero-order valence-electron chi connectivity index (χ0n) is 12.9. The summed E-state index contributed by atoms with van der Waals surface area (Å²) < 4.78 is 66.9. The van der Waals surface area contributed by atoms with Gasteiger partial charge < -0.3 is 4.74 Å². The van der Waals surface area contributed by atoms with Gasteiger partial charge in [-0.25, -0.2) is 13.2 Å². The van der Waals surface area contributed by atoms with E-state index in [1.807, 2.05) is 30.3 Å². The van der Waals surface area contributed by atoms with E-state index in [1.165, 1.54) is 11.8 Å². The van der Waals surface area contributed by atoms with E-state index in [9.17, 15) is 31.5 Å². The largest absolute Gasteiger partial charge is 0.420 e. The summed E-state index contributed by atoms with van der Waals surface area (Å²) in [5, 5.41) is 0.131. The molecule has 3 nitrogen and oxygen atoms in total. The van der Waals surface area contributed by atoms with Gasteiger partial charge in [-0.05, 0) is 12.1 Å². The maximum absolute atomic E-state index is 12.8. The third-order valence-electron chi connectivity index (χ3n) is 2.42. The highest BCUT2D eigenvalue weighted by Crippen LogP contribution is 2.29. The second-order valence-corrected chi connectivity index (χ2v) is 5.65. The van der Waals surface area contributed by atoms with E-state index in [2.05, 4.69) is 4.74 Å². The fourth-order valence-corrected chi connectivity index (χ4v) is 2.10. The van der Waals surface area contributed by atoms with Crippen LogP contribution < -0.4 is 4.74 Å². The molecule has 0 atom stereocenters. The summed E-state index contributed by atoms with van der Waals surface area (Å²) in [6.45, 7) is 2.33. The van der Waals surface area contributed by atoms with Crippen LogP contribution in [0.4, 0.5) is 22.0 Å². The Kier molecular flexibility index (Phi) is 7.56. The number of carbonyl (C=O) groups excluding carboxylic acids is 2. The first-order valence-electron chi connectivity index (χ1n) is 6.58. The fraction of sp³-hybridized carbons (Fsp3) is 0.125. The number of hydrogen-bond acceptors (Lipinski definition) is 4. The zero-order chi connectivity index (χ0) is 19.1. The average molecular weight is 378 g/mol. The zero-order valence-corrected chi connectivity index (χ0v) is 13.7. The van der Waals surface area contributed by atoms with E-state index >= 15 is 0 Å². The molecule has 25 heavy (non-hydrogen) atoms. The summed E-state index contributed by atoms with van der Waals surface area (Å²) in [4.78, 5) is 21.9. The van der Waals surface area contributed by atoms with Crippen molar-refractivity contribution in [2.75, 3.05) is 0 Å². The van der Waals surface area contributed by atoms with Crippen LogP contribution in [0.5, 0.6) is 5.75 Å². The lowest BCUT2D eigenvalue weighted by Crippen LogP contribution is -2.10. The molecule has 2 aromatic carbocycles. The monoisotopic (exact) mass is 378 g/mol. The minimum atomic E-state index is -2.30. The Bertz CT molecular complexity index is 752. The lowest BCUT2D eigenvalue weighted by atomic mass is 10.2. The topological polar surface area (TPSA) is 43.4 Å². The van der Waals surface area contributed by atoms with Crippen LogP contribution >= 0.6 is 11.8 Å². The van der Waals surface area contributed by atoms with Crippen LogP contribution in [0.25, 0.3) is 0 Å². The lowest BCUT2D eigenvalue weighted by Gasteiger charge is -2.06. The summed E-state index contributed by atoms with van der Waals surface area (Å²) >= 11 is 1.26. The summed E-state index contributed by atoms with van der Waals surface area (Å²) in [6, 6.07) is 9.62. The molecule has 2 aromatic rings. The Morgan fingerprint density at radius 1 is 0.800 bits per heavy atom. The van der Waals surface area contributed by atoms with Crippen molar-refractivity contribution in [1.29, 1.82) is 0 Å². The molecule has 0 amide bonds. The molecule has 0 spiro atoms. The molecule has 0 fully saturated rings. The molecule has 0 saturated carbocycles. The second kappa shape index (κ2) is 9.16. The molecular formula is C16H11F5O3S. The summed E-state index contributed by atoms with van der Waals surface area (Å²) in [5.74, 6) is -13.8. The normalized spacial score (nSPS) is 9.88. The van der Waals surface area contributed by atoms with Crippen molar-refractivity contribution in [3.05, 3.63) is 59.4 Å². The van der Waals surface area contributed by atoms with Crippen LogP contribution in [-0.2, 0) is 9.59 Å². The molecule has 0 aliphatic rings. The van der Waals surface area contributed by atoms with Crippen LogP contribution in [0, 0.1) is 29.1 Å². The van der Waals surface area contributed by atoms with Crippen LogP contribution in [0.15, 0.2) is 35.2 Å². The van der Waals surface area contributed by atoms with Crippen LogP contribution in [-0.4, -0.2) is 11.1 Å². The third-order valence-corrected chi connectivity index (χ3v) is 3.22. The molecule has 2 rings (SSSR count). The van der Waals surface area contributed by atoms with Crippen LogP contribution in [0.2, 0.25) is 0 Å². The molecule has 0 aliphatic heterocycles. The van der Waals surface area contributed by atoms with Crippen molar-refractivity contribution in [2.24, 2.45) is 0 Å². The second-order valence-electron chi connectivity index (χ2n) is 4.40. The molecule has 0 unspecified atom stereocenters. The molecule has 0 radical (unpaired) electrons. The van der Waals surface area contributed by atoms with Crippen LogP contribution in [0.3, 0.4) is 0 Å². The predicted molar refractivity (Wildman–Crippen MR) is 80.5 cm³/mol. The van der Waals surface area contributed by atoms with Gasteiger partial charge in [-0.2, -0.15) is 8.78 Å². The highest BCUT2D eigenvalue weighted by Gasteiger charge is 2.27. The van der Waals surface area contributed by atoms with E-state index in [1.54, 1.807) is 6.92 Å². The Labute approximate surface area is 143 Å². The Morgan fingerprint density at radius 3 is 1.64 bits per heavy atom. The van der Waals surface area contributed by atoms with Gasteiger partial charge in [-0.1, -0.05) is 30.0 Å². The average Bonchev–Trinajstić information content (AvgIpc) is 2.56. The van der Waals surface area contributed by atoms with Gasteiger partial charge in [-0.15, -0.1) is 0 Å². The molecule has 0 aromatic heterocycles. The molecule has 0 heterocycles. The van der Waals surface area contributed by atoms with E-state index in [4.69, 9.17) is 0 Å². The van der Waals surface area contributed by atoms with Gasteiger partial charge in [0.15, 0.2) is 5.12 Å². The van der Waals surface area contributed by atoms with Gasteiger partial charge in [0.2, 0.25) is 34.8 Å². The van der Waals surface area contributed by atoms with Crippen molar-refractivity contribution in [2.45, 2.75) is 18.7 Å². The number of halogens is 5. The number of esters is 1. The van der Waals surface area contributed by atoms with E-state index in [-0.39, 0.29) is 5.12 Å². The van der Waals surface area contributed by atoms with Crippen molar-refractivity contribution < 1.29 is 36.3 Å². The smallest absolute Gasteiger partial charge is 0.308 e. The Morgan fingerprint density at radius 2 is 1.24 bits per heavy atom. The fourth-order valence-electron chi connectivity index (χ4n) is 1.47. The number of benzene rings is 2. The number of thioether (sulfide) groups is 1. The van der Waals surface area contributed by atoms with Gasteiger partial charge >= 0.3 is 5.97 Å². The van der Waals surface area contributed by atoms with Gasteiger partial charge in [0.1, 0.15) is 0 Å². The number of carbonyl (C=O) groups is 2. The Hall–Kier alpha value is -2.42. The predicted octanol–water partition coefficient (Wildman–Crippen LogP) is 4.63. The quantitative estimate of drug-likeness (QED) is 0.191. The SMILES string of the molecule is CC(=O)Oc1c(F)c(F)c(F)c(F)c1F.CC(=O)Sc1ccccc1. The van der Waals surface area contributed by atoms with Gasteiger partial charge in [0.05, 0.1) is 0 Å². The molecule has 0 saturated heterocycles. The van der Waals surface area contributed by atoms with Crippen molar-refractivity contribution in [1.82, 2.24) is 0 Å². The molecular weight excluding hydrogens is 367 g/mol. The number of rotatable bonds is 2. The van der Waals surface area contributed by atoms with Gasteiger partial charge in [0.25, 0.3) is 0 Å². The summed E-state index contributed by atoms with van der Waals surface area (Å²) in [7, 11) is 0. The lowest BCUT2D eigenvalue weighted by molar-refractivity contribution is -0.132. The first-order chi connectivity index (χ1) is 11.6. The number of ether oxygens (including phenoxy) is 1. The van der Waals surface area contributed by atoms with Crippen molar-refractivity contribution in [3.63, 3.8) is 0 Å². The maximum atomic E-state index is 12.8. The Balaban J connectivity index is 0.000000271. The van der Waals surface area contributed by atoms with E-state index < -0.39 is 40.8 Å². The van der Waals surface area contributed by atoms with Crippen molar-refractivity contribution in [3.8, 4) is 5.75 Å². The van der Waals surface area contributed by atoms with Crippen LogP contribution in [0.1, 0.15) is 13.8 Å². The maximum Gasteiger partial charge on any atom is 0.308 e. The third kappa shape index (κ3) is 5.86. The first-order valence-corrected chi connectivity index (χ1v) is 7.40. The van der Waals surface area contributed by atoms with E-state index in [0.29, 0.717) is 0 Å². The van der Waals surface area contributed by atoms with Gasteiger partial charge in [0, 0.05) is 18.7 Å². The molecule has 0 bridgehead atoms. The highest BCUT2D eigenvalue weighted by atomic mass is 32.2. The van der Waals surface area contributed by atoms with Gasteiger partial charge in [-0.3, -0.25) is 9.59 Å². The molecule has 9 heteroatoms. The molecule has 0 aliphatic carbocycles. The molecule has 134 valence electrons. The molecule has 0 N–H and O–H groups in total. The first kappa shape index (κ1) is 20.6. The number of hydrogen-bond donors (Lipinski definition) is 0. The summed E-state index contributed by atoms with van der Waals surface area (Å²) in [5.41, 5.74) is 0. The minimum absolute atomic E-state index is 0.131. The highest BCUT2D eigenvalue weighted by molar-refractivity contribution is 8.13. The summed E-state index contributed by atoms with van der Waals surface area (Å²) in [6.07, 6.45) is 0. The minimum Gasteiger partial charge on any atom is -0.420 e. The van der Waals surface area contributed by atoms with E-state index in [0.717, 1.165) is 11.8 Å². The van der Waals surface area contributed by atoms with Crippen molar-refractivity contribution >= 4 is 22.8 Å².